The first-order valence-electron chi connectivity index (χ1n) is 5.64. The molecule has 0 saturated heterocycles. The van der Waals surface area contributed by atoms with E-state index in [9.17, 15) is 9.59 Å². The zero-order valence-corrected chi connectivity index (χ0v) is 9.78. The summed E-state index contributed by atoms with van der Waals surface area (Å²) in [4.78, 5) is 22.2. The molecule has 0 atom stereocenters. The highest BCUT2D eigenvalue weighted by Crippen LogP contribution is 2.32. The van der Waals surface area contributed by atoms with Crippen molar-refractivity contribution in [2.75, 3.05) is 0 Å². The number of rotatable bonds is 4. The summed E-state index contributed by atoms with van der Waals surface area (Å²) in [5.74, 6) is -0.883. The lowest BCUT2D eigenvalue weighted by Gasteiger charge is -2.28. The van der Waals surface area contributed by atoms with Gasteiger partial charge in [0, 0.05) is 0 Å². The number of amides is 1. The summed E-state index contributed by atoms with van der Waals surface area (Å²) in [6.45, 7) is 3.52. The zero-order chi connectivity index (χ0) is 12.2. The molecule has 1 aliphatic rings. The molecular formula is C11H19NO4. The first kappa shape index (κ1) is 12.8. The van der Waals surface area contributed by atoms with E-state index in [1.165, 1.54) is 0 Å². The smallest absolute Gasteiger partial charge is 0.407 e. The van der Waals surface area contributed by atoms with Crippen LogP contribution in [0.3, 0.4) is 0 Å². The minimum absolute atomic E-state index is 0.0276. The molecule has 0 bridgehead atoms. The minimum Gasteiger partial charge on any atom is -0.481 e. The number of carboxylic acids is 1. The molecule has 16 heavy (non-hydrogen) atoms. The van der Waals surface area contributed by atoms with E-state index in [4.69, 9.17) is 9.84 Å². The van der Waals surface area contributed by atoms with Gasteiger partial charge in [-0.05, 0) is 26.7 Å². The fourth-order valence-corrected chi connectivity index (χ4v) is 2.15. The van der Waals surface area contributed by atoms with Crippen LogP contribution in [0.15, 0.2) is 0 Å². The van der Waals surface area contributed by atoms with E-state index in [0.717, 1.165) is 12.8 Å². The molecule has 5 heteroatoms. The molecule has 1 aliphatic carbocycles. The molecule has 0 aliphatic heterocycles. The topological polar surface area (TPSA) is 75.6 Å². The van der Waals surface area contributed by atoms with E-state index in [0.29, 0.717) is 12.8 Å². The molecule has 1 amide bonds. The monoisotopic (exact) mass is 229 g/mol. The van der Waals surface area contributed by atoms with Crippen molar-refractivity contribution in [3.63, 3.8) is 0 Å². The van der Waals surface area contributed by atoms with Gasteiger partial charge in [0.1, 0.15) is 0 Å². The van der Waals surface area contributed by atoms with Crippen LogP contribution >= 0.6 is 0 Å². The summed E-state index contributed by atoms with van der Waals surface area (Å²) in [6.07, 6.45) is 2.60. The highest BCUT2D eigenvalue weighted by molar-refractivity contribution is 5.72. The van der Waals surface area contributed by atoms with Crippen molar-refractivity contribution in [3.05, 3.63) is 0 Å². The van der Waals surface area contributed by atoms with Gasteiger partial charge in [0.25, 0.3) is 0 Å². The standard InChI is InChI=1S/C11H19NO4/c1-8(2)16-10(15)12-11(7-9(13)14)5-3-4-6-11/h8H,3-7H2,1-2H3,(H,12,15)(H,13,14). The molecule has 5 nitrogen and oxygen atoms in total. The lowest BCUT2D eigenvalue weighted by Crippen LogP contribution is -2.48. The largest absolute Gasteiger partial charge is 0.481 e. The van der Waals surface area contributed by atoms with Crippen LogP contribution in [-0.4, -0.2) is 28.8 Å². The van der Waals surface area contributed by atoms with Crippen LogP contribution in [0.4, 0.5) is 4.79 Å². The number of carbonyl (C=O) groups excluding carboxylic acids is 1. The molecule has 0 radical (unpaired) electrons. The van der Waals surface area contributed by atoms with Gasteiger partial charge >= 0.3 is 12.1 Å². The first-order chi connectivity index (χ1) is 7.43. The quantitative estimate of drug-likeness (QED) is 0.772. The fraction of sp³-hybridized carbons (Fsp3) is 0.818. The normalized spacial score (nSPS) is 18.4. The Hall–Kier alpha value is -1.26. The lowest BCUT2D eigenvalue weighted by atomic mass is 9.93. The van der Waals surface area contributed by atoms with Crippen molar-refractivity contribution in [1.29, 1.82) is 0 Å². The van der Waals surface area contributed by atoms with Gasteiger partial charge in [0.2, 0.25) is 0 Å². The summed E-state index contributed by atoms with van der Waals surface area (Å²) in [7, 11) is 0. The maximum Gasteiger partial charge on any atom is 0.407 e. The van der Waals surface area contributed by atoms with E-state index < -0.39 is 17.6 Å². The number of aliphatic carboxylic acids is 1. The Balaban J connectivity index is 2.57. The van der Waals surface area contributed by atoms with Crippen LogP contribution in [0.25, 0.3) is 0 Å². The van der Waals surface area contributed by atoms with Crippen LogP contribution in [0, 0.1) is 0 Å². The van der Waals surface area contributed by atoms with Gasteiger partial charge < -0.3 is 15.2 Å². The second-order valence-electron chi connectivity index (χ2n) is 4.64. The molecule has 0 unspecified atom stereocenters. The number of alkyl carbamates (subject to hydrolysis) is 1. The number of ether oxygens (including phenoxy) is 1. The highest BCUT2D eigenvalue weighted by Gasteiger charge is 2.38. The third kappa shape index (κ3) is 3.72. The average Bonchev–Trinajstić information content (AvgIpc) is 2.49. The van der Waals surface area contributed by atoms with Gasteiger partial charge in [-0.3, -0.25) is 4.79 Å². The Bertz CT molecular complexity index is 269. The van der Waals surface area contributed by atoms with Gasteiger partial charge in [0.15, 0.2) is 0 Å². The van der Waals surface area contributed by atoms with Crippen molar-refractivity contribution >= 4 is 12.1 Å². The first-order valence-corrected chi connectivity index (χ1v) is 5.64. The molecule has 0 spiro atoms. The number of nitrogens with one attached hydrogen (secondary N) is 1. The lowest BCUT2D eigenvalue weighted by molar-refractivity contribution is -0.138. The molecule has 2 N–H and O–H groups in total. The molecule has 0 aromatic carbocycles. The predicted octanol–water partition coefficient (Wildman–Crippen LogP) is 1.91. The van der Waals surface area contributed by atoms with Gasteiger partial charge in [0.05, 0.1) is 18.1 Å². The maximum atomic E-state index is 11.5. The van der Waals surface area contributed by atoms with Crippen molar-refractivity contribution in [2.24, 2.45) is 0 Å². The van der Waals surface area contributed by atoms with E-state index in [1.54, 1.807) is 13.8 Å². The van der Waals surface area contributed by atoms with Gasteiger partial charge in [-0.15, -0.1) is 0 Å². The molecular weight excluding hydrogens is 210 g/mol. The molecule has 0 aromatic heterocycles. The number of carboxylic acid groups (broad SMARTS) is 1. The molecule has 1 fully saturated rings. The number of hydrogen-bond acceptors (Lipinski definition) is 3. The van der Waals surface area contributed by atoms with E-state index >= 15 is 0 Å². The molecule has 1 saturated carbocycles. The van der Waals surface area contributed by atoms with Crippen LogP contribution in [-0.2, 0) is 9.53 Å². The Labute approximate surface area is 95.2 Å². The molecule has 92 valence electrons. The van der Waals surface area contributed by atoms with E-state index in [-0.39, 0.29) is 12.5 Å². The van der Waals surface area contributed by atoms with E-state index in [1.807, 2.05) is 0 Å². The Morgan fingerprint density at radius 2 is 1.94 bits per heavy atom. The number of hydrogen-bond donors (Lipinski definition) is 2. The second-order valence-corrected chi connectivity index (χ2v) is 4.64. The van der Waals surface area contributed by atoms with Crippen molar-refractivity contribution in [3.8, 4) is 0 Å². The Kier molecular flexibility index (Phi) is 4.15. The summed E-state index contributed by atoms with van der Waals surface area (Å²) in [5.41, 5.74) is -0.599. The molecule has 0 heterocycles. The summed E-state index contributed by atoms with van der Waals surface area (Å²) < 4.78 is 4.98. The molecule has 1 rings (SSSR count). The minimum atomic E-state index is -0.883. The van der Waals surface area contributed by atoms with Crippen molar-refractivity contribution in [2.45, 2.75) is 57.6 Å². The third-order valence-corrected chi connectivity index (χ3v) is 2.76. The summed E-state index contributed by atoms with van der Waals surface area (Å²) in [5, 5.41) is 11.6. The van der Waals surface area contributed by atoms with Crippen LogP contribution in [0.2, 0.25) is 0 Å². The SMILES string of the molecule is CC(C)OC(=O)NC1(CC(=O)O)CCCC1. The van der Waals surface area contributed by atoms with Crippen molar-refractivity contribution < 1.29 is 19.4 Å². The van der Waals surface area contributed by atoms with Gasteiger partial charge in [-0.1, -0.05) is 12.8 Å². The van der Waals surface area contributed by atoms with Gasteiger partial charge in [-0.25, -0.2) is 4.79 Å². The predicted molar refractivity (Wildman–Crippen MR) is 58.2 cm³/mol. The fourth-order valence-electron chi connectivity index (χ4n) is 2.15. The van der Waals surface area contributed by atoms with E-state index in [2.05, 4.69) is 5.32 Å². The summed E-state index contributed by atoms with van der Waals surface area (Å²) in [6, 6.07) is 0. The molecule has 0 aromatic rings. The zero-order valence-electron chi connectivity index (χ0n) is 9.78. The Morgan fingerprint density at radius 3 is 2.38 bits per heavy atom. The maximum absolute atomic E-state index is 11.5. The summed E-state index contributed by atoms with van der Waals surface area (Å²) >= 11 is 0. The third-order valence-electron chi connectivity index (χ3n) is 2.76. The van der Waals surface area contributed by atoms with Crippen molar-refractivity contribution in [1.82, 2.24) is 5.32 Å². The van der Waals surface area contributed by atoms with Crippen LogP contribution in [0.1, 0.15) is 46.0 Å². The average molecular weight is 229 g/mol. The number of carbonyl (C=O) groups is 2. The van der Waals surface area contributed by atoms with Gasteiger partial charge in [-0.2, -0.15) is 0 Å². The van der Waals surface area contributed by atoms with Crippen LogP contribution in [0.5, 0.6) is 0 Å². The highest BCUT2D eigenvalue weighted by atomic mass is 16.6. The van der Waals surface area contributed by atoms with Crippen LogP contribution < -0.4 is 5.32 Å². The Morgan fingerprint density at radius 1 is 1.38 bits per heavy atom. The second kappa shape index (κ2) is 5.18.